The van der Waals surface area contributed by atoms with Crippen molar-refractivity contribution in [3.05, 3.63) is 80.8 Å². The van der Waals surface area contributed by atoms with Crippen LogP contribution in [0.25, 0.3) is 16.8 Å². The van der Waals surface area contributed by atoms with Crippen LogP contribution in [0.1, 0.15) is 11.1 Å². The van der Waals surface area contributed by atoms with Crippen LogP contribution < -0.4 is 5.69 Å². The number of H-pyrrole nitrogens is 1. The summed E-state index contributed by atoms with van der Waals surface area (Å²) in [6.45, 7) is 2.06. The number of fused-ring (bicyclic) bond motifs is 1. The summed E-state index contributed by atoms with van der Waals surface area (Å²) in [5, 5.41) is 4.76. The minimum atomic E-state index is -0.287. The van der Waals surface area contributed by atoms with Gasteiger partial charge < -0.3 is 0 Å². The summed E-state index contributed by atoms with van der Waals surface area (Å²) in [5.74, 6) is 0.737. The zero-order valence-corrected chi connectivity index (χ0v) is 16.3. The third kappa shape index (κ3) is 3.45. The zero-order valence-electron chi connectivity index (χ0n) is 13.9. The predicted molar refractivity (Wildman–Crippen MR) is 107 cm³/mol. The third-order valence-electron chi connectivity index (χ3n) is 4.01. The van der Waals surface area contributed by atoms with Crippen molar-refractivity contribution in [2.75, 3.05) is 0 Å². The van der Waals surface area contributed by atoms with Crippen molar-refractivity contribution in [1.82, 2.24) is 19.6 Å². The van der Waals surface area contributed by atoms with Gasteiger partial charge in [0.15, 0.2) is 10.8 Å². The lowest BCUT2D eigenvalue weighted by Gasteiger charge is -2.04. The van der Waals surface area contributed by atoms with E-state index < -0.39 is 0 Å². The molecule has 0 aliphatic carbocycles. The summed E-state index contributed by atoms with van der Waals surface area (Å²) < 4.78 is 2.30. The number of benzene rings is 2. The number of hydrogen-bond donors (Lipinski definition) is 1. The number of aryl methyl sites for hydroxylation is 1. The monoisotopic (exact) mass is 426 g/mol. The molecule has 0 saturated carbocycles. The second-order valence-electron chi connectivity index (χ2n) is 5.92. The molecule has 0 atom stereocenters. The van der Waals surface area contributed by atoms with Gasteiger partial charge in [-0.15, -0.1) is 0 Å². The number of thioether (sulfide) groups is 1. The molecule has 1 N–H and O–H groups in total. The third-order valence-corrected chi connectivity index (χ3v) is 5.48. The van der Waals surface area contributed by atoms with Crippen LogP contribution in [0, 0.1) is 6.92 Å². The predicted octanol–water partition coefficient (Wildman–Crippen LogP) is 4.45. The van der Waals surface area contributed by atoms with Gasteiger partial charge in [-0.25, -0.2) is 9.78 Å². The van der Waals surface area contributed by atoms with Crippen molar-refractivity contribution in [3.63, 3.8) is 0 Å². The number of aromatic nitrogens is 4. The summed E-state index contributed by atoms with van der Waals surface area (Å²) in [6, 6.07) is 16.2. The maximum absolute atomic E-state index is 12.3. The topological polar surface area (TPSA) is 63.1 Å². The lowest BCUT2D eigenvalue weighted by atomic mass is 10.1. The van der Waals surface area contributed by atoms with Crippen LogP contribution in [-0.2, 0) is 5.75 Å². The Morgan fingerprint density at radius 3 is 2.58 bits per heavy atom. The Labute approximate surface area is 162 Å². The maximum atomic E-state index is 12.3. The van der Waals surface area contributed by atoms with E-state index in [1.54, 1.807) is 6.20 Å². The van der Waals surface area contributed by atoms with Gasteiger partial charge in [0.2, 0.25) is 0 Å². The fourth-order valence-corrected chi connectivity index (χ4v) is 3.67. The first kappa shape index (κ1) is 17.1. The summed E-state index contributed by atoms with van der Waals surface area (Å²) in [7, 11) is 0. The van der Waals surface area contributed by atoms with Gasteiger partial charge in [0, 0.05) is 15.8 Å². The van der Waals surface area contributed by atoms with Crippen molar-refractivity contribution >= 4 is 33.3 Å². The van der Waals surface area contributed by atoms with Gasteiger partial charge in [-0.3, -0.25) is 4.98 Å². The highest BCUT2D eigenvalue weighted by Crippen LogP contribution is 2.26. The summed E-state index contributed by atoms with van der Waals surface area (Å²) in [4.78, 5) is 19.8. The number of halogens is 1. The molecule has 130 valence electrons. The molecule has 0 saturated heterocycles. The van der Waals surface area contributed by atoms with Gasteiger partial charge in [0.05, 0.1) is 6.20 Å². The normalized spacial score (nSPS) is 11.2. The van der Waals surface area contributed by atoms with E-state index in [9.17, 15) is 4.79 Å². The number of hydrogen-bond acceptors (Lipinski definition) is 4. The molecule has 2 aromatic heterocycles. The average Bonchev–Trinajstić information content (AvgIpc) is 3.06. The Kier molecular flexibility index (Phi) is 4.65. The summed E-state index contributed by atoms with van der Waals surface area (Å²) >= 11 is 4.94. The van der Waals surface area contributed by atoms with E-state index in [1.165, 1.54) is 27.4 Å². The highest BCUT2D eigenvalue weighted by molar-refractivity contribution is 9.10. The molecule has 0 amide bonds. The minimum absolute atomic E-state index is 0.287. The lowest BCUT2D eigenvalue weighted by Crippen LogP contribution is -2.19. The maximum Gasteiger partial charge on any atom is 0.350 e. The Morgan fingerprint density at radius 1 is 1.12 bits per heavy atom. The quantitative estimate of drug-likeness (QED) is 0.489. The molecule has 0 spiro atoms. The van der Waals surface area contributed by atoms with Gasteiger partial charge in [0.25, 0.3) is 0 Å². The van der Waals surface area contributed by atoms with Crippen LogP contribution in [0.15, 0.2) is 69.2 Å². The van der Waals surface area contributed by atoms with E-state index >= 15 is 0 Å². The average molecular weight is 427 g/mol. The molecule has 0 fully saturated rings. The van der Waals surface area contributed by atoms with Crippen molar-refractivity contribution in [2.45, 2.75) is 17.8 Å². The Morgan fingerprint density at radius 2 is 1.85 bits per heavy atom. The van der Waals surface area contributed by atoms with Gasteiger partial charge in [-0.05, 0) is 30.2 Å². The Bertz CT molecular complexity index is 1120. The number of nitrogens with zero attached hydrogens (tertiary/aromatic N) is 3. The van der Waals surface area contributed by atoms with Crippen LogP contribution in [-0.4, -0.2) is 19.6 Å². The highest BCUT2D eigenvalue weighted by Gasteiger charge is 2.12. The SMILES string of the molecule is Cc1ccc(CSc2nc3c(-c4ccc(Br)cc4)cnn3c(=O)[nH]2)cc1. The Hall–Kier alpha value is -2.38. The number of aromatic amines is 1. The van der Waals surface area contributed by atoms with E-state index in [0.717, 1.165) is 21.4 Å². The molecule has 2 aromatic carbocycles. The van der Waals surface area contributed by atoms with Crippen LogP contribution in [0.3, 0.4) is 0 Å². The van der Waals surface area contributed by atoms with E-state index in [0.29, 0.717) is 10.8 Å². The molecule has 4 aromatic rings. The van der Waals surface area contributed by atoms with Crippen LogP contribution in [0.2, 0.25) is 0 Å². The molecular formula is C19H15BrN4OS. The molecule has 5 nitrogen and oxygen atoms in total. The van der Waals surface area contributed by atoms with E-state index in [2.05, 4.69) is 62.2 Å². The summed E-state index contributed by atoms with van der Waals surface area (Å²) in [5.41, 5.74) is 4.48. The molecule has 0 radical (unpaired) electrons. The second kappa shape index (κ2) is 7.09. The van der Waals surface area contributed by atoms with Crippen LogP contribution in [0.4, 0.5) is 0 Å². The first-order valence-corrected chi connectivity index (χ1v) is 9.80. The standard InChI is InChI=1S/C19H15BrN4OS/c1-12-2-4-13(5-3-12)11-26-18-22-17-16(10-21-24(17)19(25)23-18)14-6-8-15(20)9-7-14/h2-10H,11H2,1H3,(H,22,23,25). The molecule has 26 heavy (non-hydrogen) atoms. The first-order valence-electron chi connectivity index (χ1n) is 8.02. The second-order valence-corrected chi connectivity index (χ2v) is 7.80. The van der Waals surface area contributed by atoms with Crippen molar-refractivity contribution in [2.24, 2.45) is 0 Å². The highest BCUT2D eigenvalue weighted by atomic mass is 79.9. The van der Waals surface area contributed by atoms with Gasteiger partial charge in [-0.2, -0.15) is 9.61 Å². The smallest absolute Gasteiger partial charge is 0.285 e. The molecule has 0 bridgehead atoms. The van der Waals surface area contributed by atoms with Crippen molar-refractivity contribution in [3.8, 4) is 11.1 Å². The molecule has 0 aliphatic heterocycles. The number of nitrogens with one attached hydrogen (secondary N) is 1. The van der Waals surface area contributed by atoms with Crippen LogP contribution in [0.5, 0.6) is 0 Å². The molecule has 0 aliphatic rings. The first-order chi connectivity index (χ1) is 12.6. The molecule has 2 heterocycles. The minimum Gasteiger partial charge on any atom is -0.285 e. The molecule has 4 rings (SSSR count). The lowest BCUT2D eigenvalue weighted by molar-refractivity contribution is 0.786. The summed E-state index contributed by atoms with van der Waals surface area (Å²) in [6.07, 6.45) is 1.68. The van der Waals surface area contributed by atoms with Crippen LogP contribution >= 0.6 is 27.7 Å². The molecule has 7 heteroatoms. The fourth-order valence-electron chi connectivity index (χ4n) is 2.60. The Balaban J connectivity index is 1.68. The van der Waals surface area contributed by atoms with Crippen molar-refractivity contribution in [1.29, 1.82) is 0 Å². The zero-order chi connectivity index (χ0) is 18.1. The largest absolute Gasteiger partial charge is 0.350 e. The van der Waals surface area contributed by atoms with Gasteiger partial charge >= 0.3 is 5.69 Å². The molecular weight excluding hydrogens is 412 g/mol. The van der Waals surface area contributed by atoms with E-state index in [-0.39, 0.29) is 5.69 Å². The number of rotatable bonds is 4. The van der Waals surface area contributed by atoms with Gasteiger partial charge in [-0.1, -0.05) is 69.7 Å². The van der Waals surface area contributed by atoms with E-state index in [1.807, 2.05) is 24.3 Å². The fraction of sp³-hybridized carbons (Fsp3) is 0.105. The van der Waals surface area contributed by atoms with Gasteiger partial charge in [0.1, 0.15) is 0 Å². The van der Waals surface area contributed by atoms with E-state index in [4.69, 9.17) is 0 Å². The van der Waals surface area contributed by atoms with Crippen molar-refractivity contribution < 1.29 is 0 Å². The molecule has 0 unspecified atom stereocenters.